The van der Waals surface area contributed by atoms with E-state index in [-0.39, 0.29) is 0 Å². The van der Waals surface area contributed by atoms with Crippen molar-refractivity contribution in [2.45, 2.75) is 38.6 Å². The van der Waals surface area contributed by atoms with Gasteiger partial charge in [-0.25, -0.2) is 4.98 Å². The van der Waals surface area contributed by atoms with Crippen LogP contribution in [0.15, 0.2) is 18.3 Å². The van der Waals surface area contributed by atoms with E-state index >= 15 is 0 Å². The Morgan fingerprint density at radius 1 is 1.47 bits per heavy atom. The fourth-order valence-electron chi connectivity index (χ4n) is 3.12. The van der Waals surface area contributed by atoms with Crippen LogP contribution >= 0.6 is 0 Å². The van der Waals surface area contributed by atoms with Crippen molar-refractivity contribution in [3.63, 3.8) is 0 Å². The molecule has 0 aliphatic heterocycles. The monoisotopic (exact) mass is 233 g/mol. The maximum atomic E-state index is 5.99. The van der Waals surface area contributed by atoms with Crippen molar-refractivity contribution in [1.82, 2.24) is 10.3 Å². The molecule has 0 bridgehead atoms. The maximum absolute atomic E-state index is 5.99. The summed E-state index contributed by atoms with van der Waals surface area (Å²) in [5.41, 5.74) is 7.15. The molecule has 3 unspecified atom stereocenters. The molecule has 1 aromatic rings. The molecular formula is C14H23N3. The van der Waals surface area contributed by atoms with Gasteiger partial charge < -0.3 is 11.1 Å². The lowest BCUT2D eigenvalue weighted by Gasteiger charge is -2.33. The molecule has 0 radical (unpaired) electrons. The smallest absolute Gasteiger partial charge is 0.128 e. The second kappa shape index (κ2) is 5.50. The van der Waals surface area contributed by atoms with E-state index in [9.17, 15) is 0 Å². The Kier molecular flexibility index (Phi) is 4.00. The van der Waals surface area contributed by atoms with Gasteiger partial charge in [0.05, 0.1) is 0 Å². The predicted molar refractivity (Wildman–Crippen MR) is 71.6 cm³/mol. The zero-order valence-corrected chi connectivity index (χ0v) is 10.8. The van der Waals surface area contributed by atoms with Gasteiger partial charge in [0, 0.05) is 17.8 Å². The lowest BCUT2D eigenvalue weighted by molar-refractivity contribution is 0.230. The van der Waals surface area contributed by atoms with Crippen molar-refractivity contribution >= 4 is 5.82 Å². The van der Waals surface area contributed by atoms with Crippen LogP contribution in [-0.4, -0.2) is 12.0 Å². The minimum Gasteiger partial charge on any atom is -0.383 e. The third-order valence-corrected chi connectivity index (χ3v) is 3.97. The minimum absolute atomic E-state index is 0.353. The summed E-state index contributed by atoms with van der Waals surface area (Å²) in [5, 5.41) is 3.43. The zero-order valence-electron chi connectivity index (χ0n) is 10.8. The molecule has 1 aliphatic carbocycles. The number of rotatable bonds is 3. The van der Waals surface area contributed by atoms with Crippen LogP contribution in [0, 0.1) is 11.8 Å². The first-order valence-electron chi connectivity index (χ1n) is 6.60. The van der Waals surface area contributed by atoms with Crippen molar-refractivity contribution in [1.29, 1.82) is 0 Å². The molecule has 3 atom stereocenters. The number of anilines is 1. The van der Waals surface area contributed by atoms with Gasteiger partial charge >= 0.3 is 0 Å². The summed E-state index contributed by atoms with van der Waals surface area (Å²) < 4.78 is 0. The summed E-state index contributed by atoms with van der Waals surface area (Å²) in [6.07, 6.45) is 7.05. The molecular weight excluding hydrogens is 210 g/mol. The Morgan fingerprint density at radius 2 is 2.29 bits per heavy atom. The Bertz CT molecular complexity index is 364. The second-order valence-corrected chi connectivity index (χ2v) is 5.28. The van der Waals surface area contributed by atoms with E-state index in [2.05, 4.69) is 23.3 Å². The fourth-order valence-corrected chi connectivity index (χ4v) is 3.12. The Morgan fingerprint density at radius 3 is 2.94 bits per heavy atom. The number of nitrogens with one attached hydrogen (secondary N) is 1. The van der Waals surface area contributed by atoms with Gasteiger partial charge in [0.1, 0.15) is 5.82 Å². The van der Waals surface area contributed by atoms with E-state index < -0.39 is 0 Å². The van der Waals surface area contributed by atoms with Crippen LogP contribution in [0.1, 0.15) is 44.2 Å². The van der Waals surface area contributed by atoms with Gasteiger partial charge in [-0.15, -0.1) is 0 Å². The van der Waals surface area contributed by atoms with Gasteiger partial charge in [0.25, 0.3) is 0 Å². The normalized spacial score (nSPS) is 26.7. The number of nitrogen functional groups attached to an aromatic ring is 1. The third-order valence-electron chi connectivity index (χ3n) is 3.97. The summed E-state index contributed by atoms with van der Waals surface area (Å²) in [4.78, 5) is 4.20. The number of aromatic nitrogens is 1. The molecule has 0 saturated heterocycles. The molecule has 1 aliphatic rings. The molecule has 94 valence electrons. The average molecular weight is 233 g/mol. The number of nitrogens with zero attached hydrogens (tertiary/aromatic N) is 1. The van der Waals surface area contributed by atoms with Gasteiger partial charge in [-0.2, -0.15) is 0 Å². The van der Waals surface area contributed by atoms with Gasteiger partial charge in [-0.1, -0.05) is 25.8 Å². The van der Waals surface area contributed by atoms with Crippen LogP contribution in [0.2, 0.25) is 0 Å². The molecule has 2 rings (SSSR count). The van der Waals surface area contributed by atoms with Gasteiger partial charge in [-0.3, -0.25) is 0 Å². The summed E-state index contributed by atoms with van der Waals surface area (Å²) in [6.45, 7) is 2.35. The SMILES string of the molecule is CNC(c1cccnc1N)C1CCCC(C)C1. The van der Waals surface area contributed by atoms with Crippen molar-refractivity contribution < 1.29 is 0 Å². The zero-order chi connectivity index (χ0) is 12.3. The summed E-state index contributed by atoms with van der Waals surface area (Å²) in [5.74, 6) is 2.20. The van der Waals surface area contributed by atoms with Crippen LogP contribution < -0.4 is 11.1 Å². The van der Waals surface area contributed by atoms with E-state index in [1.165, 1.54) is 25.7 Å². The number of nitrogens with two attached hydrogens (primary N) is 1. The van der Waals surface area contributed by atoms with E-state index in [0.29, 0.717) is 17.8 Å². The lowest BCUT2D eigenvalue weighted by atomic mass is 9.77. The topological polar surface area (TPSA) is 50.9 Å². The Balaban J connectivity index is 2.18. The van der Waals surface area contributed by atoms with E-state index in [0.717, 1.165) is 11.5 Å². The molecule has 3 heteroatoms. The summed E-state index contributed by atoms with van der Waals surface area (Å²) in [6, 6.07) is 4.43. The molecule has 1 heterocycles. The van der Waals surface area contributed by atoms with Crippen molar-refractivity contribution in [3.8, 4) is 0 Å². The minimum atomic E-state index is 0.353. The van der Waals surface area contributed by atoms with E-state index in [1.807, 2.05) is 13.1 Å². The van der Waals surface area contributed by atoms with Crippen LogP contribution in [-0.2, 0) is 0 Å². The molecule has 3 N–H and O–H groups in total. The summed E-state index contributed by atoms with van der Waals surface area (Å²) >= 11 is 0. The number of pyridine rings is 1. The molecule has 0 aromatic carbocycles. The Labute approximate surface area is 104 Å². The summed E-state index contributed by atoms with van der Waals surface area (Å²) in [7, 11) is 2.02. The standard InChI is InChI=1S/C14H23N3/c1-10-5-3-6-11(9-10)13(16-2)12-7-4-8-17-14(12)15/h4,7-8,10-11,13,16H,3,5-6,9H2,1-2H3,(H2,15,17). The third kappa shape index (κ3) is 2.78. The maximum Gasteiger partial charge on any atom is 0.128 e. The fraction of sp³-hybridized carbons (Fsp3) is 0.643. The first-order valence-corrected chi connectivity index (χ1v) is 6.60. The average Bonchev–Trinajstić information content (AvgIpc) is 2.33. The number of hydrogen-bond acceptors (Lipinski definition) is 3. The predicted octanol–water partition coefficient (Wildman–Crippen LogP) is 2.75. The highest BCUT2D eigenvalue weighted by molar-refractivity contribution is 5.41. The van der Waals surface area contributed by atoms with E-state index in [4.69, 9.17) is 5.73 Å². The Hall–Kier alpha value is -1.09. The highest BCUT2D eigenvalue weighted by Crippen LogP contribution is 2.37. The van der Waals surface area contributed by atoms with Crippen molar-refractivity contribution in [2.75, 3.05) is 12.8 Å². The molecule has 1 saturated carbocycles. The van der Waals surface area contributed by atoms with Crippen molar-refractivity contribution in [3.05, 3.63) is 23.9 Å². The van der Waals surface area contributed by atoms with Crippen LogP contribution in [0.25, 0.3) is 0 Å². The van der Waals surface area contributed by atoms with Crippen LogP contribution in [0.3, 0.4) is 0 Å². The highest BCUT2D eigenvalue weighted by Gasteiger charge is 2.27. The quantitative estimate of drug-likeness (QED) is 0.844. The van der Waals surface area contributed by atoms with Crippen molar-refractivity contribution in [2.24, 2.45) is 11.8 Å². The van der Waals surface area contributed by atoms with Gasteiger partial charge in [-0.05, 0) is 37.8 Å². The molecule has 3 nitrogen and oxygen atoms in total. The molecule has 0 spiro atoms. The molecule has 0 amide bonds. The van der Waals surface area contributed by atoms with Crippen LogP contribution in [0.5, 0.6) is 0 Å². The first-order chi connectivity index (χ1) is 8.22. The molecule has 17 heavy (non-hydrogen) atoms. The van der Waals surface area contributed by atoms with Gasteiger partial charge in [0.15, 0.2) is 0 Å². The van der Waals surface area contributed by atoms with E-state index in [1.54, 1.807) is 6.20 Å². The largest absolute Gasteiger partial charge is 0.383 e. The van der Waals surface area contributed by atoms with Gasteiger partial charge in [0.2, 0.25) is 0 Å². The highest BCUT2D eigenvalue weighted by atomic mass is 14.9. The second-order valence-electron chi connectivity index (χ2n) is 5.28. The number of hydrogen-bond donors (Lipinski definition) is 2. The molecule has 1 fully saturated rings. The van der Waals surface area contributed by atoms with Crippen LogP contribution in [0.4, 0.5) is 5.82 Å². The molecule has 1 aromatic heterocycles. The first kappa shape index (κ1) is 12.4. The lowest BCUT2D eigenvalue weighted by Crippen LogP contribution is -2.29.